The van der Waals surface area contributed by atoms with E-state index >= 15 is 0 Å². The van der Waals surface area contributed by atoms with Gasteiger partial charge in [0, 0.05) is 5.02 Å². The molecule has 1 aromatic carbocycles. The second-order valence-electron chi connectivity index (χ2n) is 2.87. The first-order valence-electron chi connectivity index (χ1n) is 4.35. The van der Waals surface area contributed by atoms with Crippen molar-refractivity contribution in [3.8, 4) is 5.75 Å². The second kappa shape index (κ2) is 4.86. The number of hydrogen-bond acceptors (Lipinski definition) is 2. The summed E-state index contributed by atoms with van der Waals surface area (Å²) in [5.74, 6) is 0.141. The second-order valence-corrected chi connectivity index (χ2v) is 3.31. The summed E-state index contributed by atoms with van der Waals surface area (Å²) in [6.07, 6.45) is -0.0195. The Morgan fingerprint density at radius 1 is 1.50 bits per heavy atom. The van der Waals surface area contributed by atoms with E-state index < -0.39 is 12.0 Å². The molecule has 1 rings (SSSR count). The van der Waals surface area contributed by atoms with Crippen molar-refractivity contribution < 1.29 is 9.53 Å². The molecule has 0 aromatic heterocycles. The van der Waals surface area contributed by atoms with E-state index in [9.17, 15) is 4.79 Å². The third kappa shape index (κ3) is 2.92. The van der Waals surface area contributed by atoms with E-state index in [1.54, 1.807) is 24.3 Å². The summed E-state index contributed by atoms with van der Waals surface area (Å²) in [5.41, 5.74) is 5.13. The molecule has 1 amide bonds. The predicted octanol–water partition coefficient (Wildman–Crippen LogP) is 1.98. The van der Waals surface area contributed by atoms with Gasteiger partial charge in [0.15, 0.2) is 6.10 Å². The van der Waals surface area contributed by atoms with E-state index in [1.165, 1.54) is 0 Å². The Bertz CT molecular complexity index is 310. The monoisotopic (exact) mass is 213 g/mol. The van der Waals surface area contributed by atoms with Gasteiger partial charge in [-0.3, -0.25) is 4.79 Å². The lowest BCUT2D eigenvalue weighted by molar-refractivity contribution is -0.124. The molecular weight excluding hydrogens is 202 g/mol. The average Bonchev–Trinajstić information content (AvgIpc) is 2.16. The molecule has 0 aliphatic heterocycles. The molecule has 1 aromatic rings. The third-order valence-corrected chi connectivity index (χ3v) is 2.03. The number of rotatable bonds is 4. The molecular formula is C10H12ClNO2. The largest absolute Gasteiger partial charge is 0.481 e. The maximum absolute atomic E-state index is 10.9. The highest BCUT2D eigenvalue weighted by atomic mass is 35.5. The molecule has 1 unspecified atom stereocenters. The average molecular weight is 214 g/mol. The van der Waals surface area contributed by atoms with Gasteiger partial charge in [0.1, 0.15) is 5.75 Å². The lowest BCUT2D eigenvalue weighted by atomic mass is 10.2. The smallest absolute Gasteiger partial charge is 0.258 e. The summed E-state index contributed by atoms with van der Waals surface area (Å²) >= 11 is 5.70. The first-order valence-corrected chi connectivity index (χ1v) is 4.72. The molecule has 4 heteroatoms. The number of carbonyl (C=O) groups is 1. The maximum atomic E-state index is 10.9. The molecule has 76 valence electrons. The number of amides is 1. The fourth-order valence-electron chi connectivity index (χ4n) is 1.02. The summed E-state index contributed by atoms with van der Waals surface area (Å²) in [5, 5.41) is 0.629. The zero-order valence-electron chi connectivity index (χ0n) is 7.87. The van der Waals surface area contributed by atoms with Gasteiger partial charge in [-0.25, -0.2) is 0 Å². The molecule has 0 saturated carbocycles. The first kappa shape index (κ1) is 10.9. The molecule has 0 aliphatic carbocycles. The van der Waals surface area contributed by atoms with Crippen molar-refractivity contribution in [3.05, 3.63) is 29.3 Å². The minimum Gasteiger partial charge on any atom is -0.481 e. The van der Waals surface area contributed by atoms with Gasteiger partial charge in [-0.05, 0) is 30.7 Å². The van der Waals surface area contributed by atoms with Crippen molar-refractivity contribution in [1.29, 1.82) is 0 Å². The van der Waals surface area contributed by atoms with Crippen LogP contribution in [0.15, 0.2) is 24.3 Å². The predicted molar refractivity (Wildman–Crippen MR) is 55.4 cm³/mol. The van der Waals surface area contributed by atoms with E-state index in [1.807, 2.05) is 6.92 Å². The van der Waals surface area contributed by atoms with Gasteiger partial charge >= 0.3 is 0 Å². The maximum Gasteiger partial charge on any atom is 0.258 e. The van der Waals surface area contributed by atoms with Crippen molar-refractivity contribution in [3.63, 3.8) is 0 Å². The number of primary amides is 1. The van der Waals surface area contributed by atoms with E-state index in [0.29, 0.717) is 17.2 Å². The molecule has 1 atom stereocenters. The molecule has 2 N–H and O–H groups in total. The van der Waals surface area contributed by atoms with Crippen LogP contribution < -0.4 is 10.5 Å². The molecule has 14 heavy (non-hydrogen) atoms. The molecule has 0 radical (unpaired) electrons. The normalized spacial score (nSPS) is 12.1. The number of carbonyl (C=O) groups excluding carboxylic acids is 1. The van der Waals surface area contributed by atoms with Crippen molar-refractivity contribution >= 4 is 17.5 Å². The van der Waals surface area contributed by atoms with Crippen LogP contribution in [0.25, 0.3) is 0 Å². The van der Waals surface area contributed by atoms with Gasteiger partial charge in [0.2, 0.25) is 0 Å². The van der Waals surface area contributed by atoms with Crippen LogP contribution in [0.2, 0.25) is 5.02 Å². The van der Waals surface area contributed by atoms with E-state index in [4.69, 9.17) is 22.1 Å². The zero-order chi connectivity index (χ0) is 10.6. The molecule has 0 aliphatic rings. The number of halogens is 1. The van der Waals surface area contributed by atoms with Gasteiger partial charge in [-0.1, -0.05) is 18.5 Å². The highest BCUT2D eigenvalue weighted by Crippen LogP contribution is 2.17. The first-order chi connectivity index (χ1) is 6.63. The van der Waals surface area contributed by atoms with Crippen LogP contribution >= 0.6 is 11.6 Å². The summed E-state index contributed by atoms with van der Waals surface area (Å²) in [6, 6.07) is 6.80. The highest BCUT2D eigenvalue weighted by molar-refractivity contribution is 6.30. The van der Waals surface area contributed by atoms with Crippen molar-refractivity contribution in [2.24, 2.45) is 5.73 Å². The Morgan fingerprint density at radius 3 is 2.50 bits per heavy atom. The van der Waals surface area contributed by atoms with Gasteiger partial charge in [0.05, 0.1) is 0 Å². The molecule has 0 heterocycles. The molecule has 3 nitrogen and oxygen atoms in total. The van der Waals surface area contributed by atoms with Gasteiger partial charge in [0.25, 0.3) is 5.91 Å². The van der Waals surface area contributed by atoms with Crippen LogP contribution in [0.3, 0.4) is 0 Å². The number of ether oxygens (including phenoxy) is 1. The van der Waals surface area contributed by atoms with Crippen molar-refractivity contribution in [2.45, 2.75) is 19.4 Å². The SMILES string of the molecule is CCC(Oc1ccc(Cl)cc1)C(N)=O. The Balaban J connectivity index is 2.67. The highest BCUT2D eigenvalue weighted by Gasteiger charge is 2.13. The van der Waals surface area contributed by atoms with Crippen LogP contribution in [0.4, 0.5) is 0 Å². The fraction of sp³-hybridized carbons (Fsp3) is 0.300. The van der Waals surface area contributed by atoms with Crippen LogP contribution in [0, 0.1) is 0 Å². The Kier molecular flexibility index (Phi) is 3.77. The standard InChI is InChI=1S/C10H12ClNO2/c1-2-9(10(12)13)14-8-5-3-7(11)4-6-8/h3-6,9H,2H2,1H3,(H2,12,13). The van der Waals surface area contributed by atoms with E-state index in [-0.39, 0.29) is 0 Å². The van der Waals surface area contributed by atoms with Crippen LogP contribution in [-0.2, 0) is 4.79 Å². The lowest BCUT2D eigenvalue weighted by Crippen LogP contribution is -2.32. The zero-order valence-corrected chi connectivity index (χ0v) is 8.62. The topological polar surface area (TPSA) is 52.3 Å². The Morgan fingerprint density at radius 2 is 2.07 bits per heavy atom. The van der Waals surface area contributed by atoms with Gasteiger partial charge < -0.3 is 10.5 Å². The number of nitrogens with two attached hydrogens (primary N) is 1. The van der Waals surface area contributed by atoms with Crippen molar-refractivity contribution in [2.75, 3.05) is 0 Å². The van der Waals surface area contributed by atoms with Crippen LogP contribution in [-0.4, -0.2) is 12.0 Å². The van der Waals surface area contributed by atoms with Gasteiger partial charge in [-0.15, -0.1) is 0 Å². The molecule has 0 fully saturated rings. The van der Waals surface area contributed by atoms with Crippen molar-refractivity contribution in [1.82, 2.24) is 0 Å². The Hall–Kier alpha value is -1.22. The minimum atomic E-state index is -0.573. The van der Waals surface area contributed by atoms with E-state index in [0.717, 1.165) is 0 Å². The van der Waals surface area contributed by atoms with Gasteiger partial charge in [-0.2, -0.15) is 0 Å². The molecule has 0 saturated heterocycles. The number of hydrogen-bond donors (Lipinski definition) is 1. The van der Waals surface area contributed by atoms with Crippen LogP contribution in [0.1, 0.15) is 13.3 Å². The fourth-order valence-corrected chi connectivity index (χ4v) is 1.15. The summed E-state index contributed by atoms with van der Waals surface area (Å²) in [7, 11) is 0. The molecule has 0 bridgehead atoms. The lowest BCUT2D eigenvalue weighted by Gasteiger charge is -2.13. The number of benzene rings is 1. The van der Waals surface area contributed by atoms with E-state index in [2.05, 4.69) is 0 Å². The van der Waals surface area contributed by atoms with Crippen LogP contribution in [0.5, 0.6) is 5.75 Å². The minimum absolute atomic E-state index is 0.456. The summed E-state index contributed by atoms with van der Waals surface area (Å²) < 4.78 is 5.35. The third-order valence-electron chi connectivity index (χ3n) is 1.78. The summed E-state index contributed by atoms with van der Waals surface area (Å²) in [6.45, 7) is 1.84. The quantitative estimate of drug-likeness (QED) is 0.832. The Labute approximate surface area is 87.8 Å². The molecule has 0 spiro atoms. The summed E-state index contributed by atoms with van der Waals surface area (Å²) in [4.78, 5) is 10.9.